The first-order valence-corrected chi connectivity index (χ1v) is 12.6. The van der Waals surface area contributed by atoms with Crippen LogP contribution in [0.1, 0.15) is 16.7 Å². The van der Waals surface area contributed by atoms with Gasteiger partial charge in [0, 0.05) is 4.90 Å². The Morgan fingerprint density at radius 1 is 1.00 bits per heavy atom. The zero-order chi connectivity index (χ0) is 23.1. The Hall–Kier alpha value is -3.10. The third kappa shape index (κ3) is 5.77. The highest BCUT2D eigenvalue weighted by atomic mass is 32.2. The average molecular weight is 468 g/mol. The Morgan fingerprint density at radius 3 is 2.31 bits per heavy atom. The first kappa shape index (κ1) is 23.6. The summed E-state index contributed by atoms with van der Waals surface area (Å²) in [6, 6.07) is 21.1. The molecule has 0 heterocycles. The van der Waals surface area contributed by atoms with Crippen molar-refractivity contribution in [2.75, 3.05) is 17.1 Å². The van der Waals surface area contributed by atoms with Crippen molar-refractivity contribution in [2.24, 2.45) is 5.10 Å². The van der Waals surface area contributed by atoms with Crippen LogP contribution in [-0.4, -0.2) is 33.3 Å². The molecule has 0 radical (unpaired) electrons. The summed E-state index contributed by atoms with van der Waals surface area (Å²) in [5, 5.41) is 3.98. The van der Waals surface area contributed by atoms with Crippen molar-refractivity contribution in [3.05, 3.63) is 89.5 Å². The number of nitrogens with zero attached hydrogens (tertiary/aromatic N) is 2. The Balaban J connectivity index is 1.82. The number of hydrazone groups is 1. The lowest BCUT2D eigenvalue weighted by molar-refractivity contribution is -0.119. The molecule has 0 aromatic heterocycles. The van der Waals surface area contributed by atoms with Gasteiger partial charge in [-0.25, -0.2) is 13.8 Å². The molecular formula is C24H25N3O3S2. The van der Waals surface area contributed by atoms with Gasteiger partial charge in [-0.05, 0) is 73.2 Å². The van der Waals surface area contributed by atoms with E-state index < -0.39 is 22.5 Å². The zero-order valence-electron chi connectivity index (χ0n) is 18.1. The number of carbonyl (C=O) groups is 1. The number of hydrogen-bond acceptors (Lipinski definition) is 5. The van der Waals surface area contributed by atoms with Crippen LogP contribution in [0.2, 0.25) is 0 Å². The van der Waals surface area contributed by atoms with Gasteiger partial charge in [0.05, 0.1) is 16.8 Å². The van der Waals surface area contributed by atoms with Gasteiger partial charge in [-0.2, -0.15) is 5.10 Å². The van der Waals surface area contributed by atoms with Crippen LogP contribution in [0.15, 0.2) is 87.7 Å². The second kappa shape index (κ2) is 10.5. The minimum Gasteiger partial charge on any atom is -0.271 e. The monoisotopic (exact) mass is 467 g/mol. The first-order valence-electron chi connectivity index (χ1n) is 9.92. The molecule has 1 amide bonds. The van der Waals surface area contributed by atoms with Crippen LogP contribution in [0.3, 0.4) is 0 Å². The summed E-state index contributed by atoms with van der Waals surface area (Å²) in [4.78, 5) is 13.9. The van der Waals surface area contributed by atoms with Crippen LogP contribution in [0.4, 0.5) is 5.69 Å². The van der Waals surface area contributed by atoms with Gasteiger partial charge in [0.2, 0.25) is 0 Å². The van der Waals surface area contributed by atoms with Gasteiger partial charge in [0.25, 0.3) is 15.9 Å². The molecule has 0 atom stereocenters. The van der Waals surface area contributed by atoms with Gasteiger partial charge in [-0.1, -0.05) is 36.4 Å². The summed E-state index contributed by atoms with van der Waals surface area (Å²) in [5.41, 5.74) is 5.64. The van der Waals surface area contributed by atoms with Crippen molar-refractivity contribution in [2.45, 2.75) is 23.6 Å². The maximum absolute atomic E-state index is 13.3. The molecule has 0 saturated heterocycles. The van der Waals surface area contributed by atoms with E-state index >= 15 is 0 Å². The SMILES string of the molecule is CSc1ccc(/C=N/NC(=O)CN(c2ccc(C)c(C)c2)S(=O)(=O)c2ccccc2)cc1. The first-order chi connectivity index (χ1) is 15.3. The minimum absolute atomic E-state index is 0.114. The molecule has 3 aromatic rings. The van der Waals surface area contributed by atoms with Crippen LogP contribution in [0.5, 0.6) is 0 Å². The Bertz CT molecular complexity index is 1210. The van der Waals surface area contributed by atoms with Gasteiger partial charge in [-0.15, -0.1) is 11.8 Å². The van der Waals surface area contributed by atoms with E-state index in [0.717, 1.165) is 25.9 Å². The van der Waals surface area contributed by atoms with Crippen molar-refractivity contribution >= 4 is 39.6 Å². The topological polar surface area (TPSA) is 78.8 Å². The molecule has 0 spiro atoms. The molecular weight excluding hydrogens is 442 g/mol. The Labute approximate surface area is 193 Å². The van der Waals surface area contributed by atoms with Crippen LogP contribution in [0, 0.1) is 13.8 Å². The van der Waals surface area contributed by atoms with Crippen molar-refractivity contribution in [3.63, 3.8) is 0 Å². The van der Waals surface area contributed by atoms with E-state index in [2.05, 4.69) is 10.5 Å². The summed E-state index contributed by atoms with van der Waals surface area (Å²) in [6.45, 7) is 3.45. The number of rotatable bonds is 8. The number of hydrogen-bond donors (Lipinski definition) is 1. The summed E-state index contributed by atoms with van der Waals surface area (Å²) in [5.74, 6) is -0.542. The number of carbonyl (C=O) groups excluding carboxylic acids is 1. The lowest BCUT2D eigenvalue weighted by atomic mass is 10.1. The molecule has 8 heteroatoms. The van der Waals surface area contributed by atoms with Crippen molar-refractivity contribution in [3.8, 4) is 0 Å². The lowest BCUT2D eigenvalue weighted by Crippen LogP contribution is -2.39. The van der Waals surface area contributed by atoms with Crippen LogP contribution in [-0.2, 0) is 14.8 Å². The molecule has 3 aromatic carbocycles. The molecule has 32 heavy (non-hydrogen) atoms. The highest BCUT2D eigenvalue weighted by Gasteiger charge is 2.27. The second-order valence-corrected chi connectivity index (χ2v) is 9.90. The number of sulfonamides is 1. The smallest absolute Gasteiger partial charge is 0.264 e. The van der Waals surface area contributed by atoms with Crippen LogP contribution in [0.25, 0.3) is 0 Å². The van der Waals surface area contributed by atoms with Crippen LogP contribution >= 0.6 is 11.8 Å². The molecule has 6 nitrogen and oxygen atoms in total. The molecule has 1 N–H and O–H groups in total. The third-order valence-electron chi connectivity index (χ3n) is 4.92. The number of amides is 1. The number of benzene rings is 3. The van der Waals surface area contributed by atoms with Gasteiger partial charge < -0.3 is 0 Å². The number of nitrogens with one attached hydrogen (secondary N) is 1. The summed E-state index contributed by atoms with van der Waals surface area (Å²) in [7, 11) is -3.95. The average Bonchev–Trinajstić information content (AvgIpc) is 2.80. The normalized spacial score (nSPS) is 11.5. The Kier molecular flexibility index (Phi) is 7.71. The van der Waals surface area contributed by atoms with Crippen molar-refractivity contribution < 1.29 is 13.2 Å². The molecule has 0 unspecified atom stereocenters. The minimum atomic E-state index is -3.95. The fourth-order valence-corrected chi connectivity index (χ4v) is 4.79. The van der Waals surface area contributed by atoms with Gasteiger partial charge in [-0.3, -0.25) is 9.10 Å². The van der Waals surface area contributed by atoms with E-state index in [9.17, 15) is 13.2 Å². The summed E-state index contributed by atoms with van der Waals surface area (Å²) < 4.78 is 27.8. The maximum atomic E-state index is 13.3. The highest BCUT2D eigenvalue weighted by Crippen LogP contribution is 2.25. The highest BCUT2D eigenvalue weighted by molar-refractivity contribution is 7.98. The molecule has 166 valence electrons. The van der Waals surface area contributed by atoms with Gasteiger partial charge in [0.1, 0.15) is 6.54 Å². The number of thioether (sulfide) groups is 1. The molecule has 0 aliphatic carbocycles. The maximum Gasteiger partial charge on any atom is 0.264 e. The van der Waals surface area contributed by atoms with E-state index in [1.807, 2.05) is 50.4 Å². The van der Waals surface area contributed by atoms with Crippen LogP contribution < -0.4 is 9.73 Å². The zero-order valence-corrected chi connectivity index (χ0v) is 19.8. The largest absolute Gasteiger partial charge is 0.271 e. The van der Waals surface area contributed by atoms with Gasteiger partial charge in [0.15, 0.2) is 0 Å². The number of anilines is 1. The van der Waals surface area contributed by atoms with E-state index in [-0.39, 0.29) is 4.90 Å². The molecule has 0 bridgehead atoms. The van der Waals surface area contributed by atoms with E-state index in [1.165, 1.54) is 18.3 Å². The van der Waals surface area contributed by atoms with E-state index in [0.29, 0.717) is 5.69 Å². The van der Waals surface area contributed by atoms with Crippen molar-refractivity contribution in [1.82, 2.24) is 5.43 Å². The molecule has 3 rings (SSSR count). The van der Waals surface area contributed by atoms with E-state index in [1.54, 1.807) is 42.1 Å². The predicted octanol–water partition coefficient (Wildman–Crippen LogP) is 4.37. The second-order valence-electron chi connectivity index (χ2n) is 7.16. The fourth-order valence-electron chi connectivity index (χ4n) is 2.95. The quantitative estimate of drug-likeness (QED) is 0.303. The van der Waals surface area contributed by atoms with E-state index in [4.69, 9.17) is 0 Å². The molecule has 0 aliphatic heterocycles. The molecule has 0 saturated carbocycles. The predicted molar refractivity (Wildman–Crippen MR) is 131 cm³/mol. The summed E-state index contributed by atoms with van der Waals surface area (Å²) in [6.07, 6.45) is 3.52. The van der Waals surface area contributed by atoms with Gasteiger partial charge >= 0.3 is 0 Å². The number of aryl methyl sites for hydroxylation is 2. The Morgan fingerprint density at radius 2 is 1.69 bits per heavy atom. The molecule has 0 fully saturated rings. The summed E-state index contributed by atoms with van der Waals surface area (Å²) >= 11 is 1.64. The lowest BCUT2D eigenvalue weighted by Gasteiger charge is -2.24. The fraction of sp³-hybridized carbons (Fsp3) is 0.167. The van der Waals surface area contributed by atoms with Crippen molar-refractivity contribution in [1.29, 1.82) is 0 Å². The molecule has 0 aliphatic rings. The standard InChI is InChI=1S/C24H25N3O3S2/c1-18-9-12-21(15-19(18)2)27(32(29,30)23-7-5-4-6-8-23)17-24(28)26-25-16-20-10-13-22(31-3)14-11-20/h4-16H,17H2,1-3H3,(H,26,28)/b25-16+. The third-order valence-corrected chi connectivity index (χ3v) is 7.45.